The molecule has 1 amide bonds. The van der Waals surface area contributed by atoms with Gasteiger partial charge in [0.15, 0.2) is 0 Å². The third-order valence-electron chi connectivity index (χ3n) is 3.22. The molecule has 6 heteroatoms. The van der Waals surface area contributed by atoms with Crippen LogP contribution in [0.3, 0.4) is 0 Å². The Morgan fingerprint density at radius 3 is 2.68 bits per heavy atom. The smallest absolute Gasteiger partial charge is 0.293 e. The first kappa shape index (κ1) is 13.3. The van der Waals surface area contributed by atoms with Crippen LogP contribution in [0.5, 0.6) is 0 Å². The summed E-state index contributed by atoms with van der Waals surface area (Å²) in [6.45, 7) is 3.98. The van der Waals surface area contributed by atoms with E-state index >= 15 is 0 Å². The molecule has 2 rings (SSSR count). The summed E-state index contributed by atoms with van der Waals surface area (Å²) in [5, 5.41) is 13.8. The van der Waals surface area contributed by atoms with Gasteiger partial charge >= 0.3 is 0 Å². The molecule has 19 heavy (non-hydrogen) atoms. The van der Waals surface area contributed by atoms with Crippen molar-refractivity contribution >= 4 is 17.3 Å². The van der Waals surface area contributed by atoms with Gasteiger partial charge in [-0.3, -0.25) is 14.9 Å². The number of hydrogen-bond donors (Lipinski definition) is 1. The summed E-state index contributed by atoms with van der Waals surface area (Å²) in [7, 11) is 0. The first-order valence-electron chi connectivity index (χ1n) is 6.45. The highest BCUT2D eigenvalue weighted by molar-refractivity contribution is 5.95. The molecule has 0 radical (unpaired) electrons. The second-order valence-corrected chi connectivity index (χ2v) is 4.51. The number of carbonyl (C=O) groups excluding carboxylic acids is 1. The van der Waals surface area contributed by atoms with Crippen LogP contribution < -0.4 is 10.2 Å². The predicted molar refractivity (Wildman–Crippen MR) is 72.6 cm³/mol. The summed E-state index contributed by atoms with van der Waals surface area (Å²) < 4.78 is 0. The molecule has 1 saturated heterocycles. The second kappa shape index (κ2) is 5.69. The highest BCUT2D eigenvalue weighted by Gasteiger charge is 2.23. The quantitative estimate of drug-likeness (QED) is 0.665. The number of amides is 1. The van der Waals surface area contributed by atoms with E-state index < -0.39 is 4.92 Å². The van der Waals surface area contributed by atoms with Crippen molar-refractivity contribution in [3.8, 4) is 0 Å². The molecule has 6 nitrogen and oxygen atoms in total. The summed E-state index contributed by atoms with van der Waals surface area (Å²) in [6, 6.07) is 4.68. The van der Waals surface area contributed by atoms with Gasteiger partial charge in [0.05, 0.1) is 4.92 Å². The molecule has 1 N–H and O–H groups in total. The Balaban J connectivity index is 2.35. The number of nitrogens with one attached hydrogen (secondary N) is 1. The van der Waals surface area contributed by atoms with Gasteiger partial charge in [-0.15, -0.1) is 0 Å². The minimum absolute atomic E-state index is 0.00523. The van der Waals surface area contributed by atoms with E-state index in [1.54, 1.807) is 12.1 Å². The normalized spacial score (nSPS) is 14.5. The maximum absolute atomic E-state index is 11.7. The summed E-state index contributed by atoms with van der Waals surface area (Å²) >= 11 is 0. The van der Waals surface area contributed by atoms with Crippen LogP contribution in [-0.2, 0) is 0 Å². The Bertz CT molecular complexity index is 496. The number of anilines is 1. The fourth-order valence-corrected chi connectivity index (χ4v) is 2.30. The van der Waals surface area contributed by atoms with Gasteiger partial charge in [0, 0.05) is 31.3 Å². The highest BCUT2D eigenvalue weighted by Crippen LogP contribution is 2.31. The largest absolute Gasteiger partial charge is 0.366 e. The van der Waals surface area contributed by atoms with Crippen LogP contribution in [0.25, 0.3) is 0 Å². The zero-order valence-electron chi connectivity index (χ0n) is 10.9. The number of benzene rings is 1. The Hall–Kier alpha value is -2.11. The van der Waals surface area contributed by atoms with Gasteiger partial charge < -0.3 is 10.2 Å². The fourth-order valence-electron chi connectivity index (χ4n) is 2.30. The van der Waals surface area contributed by atoms with Gasteiger partial charge in [0.25, 0.3) is 11.6 Å². The molecule has 102 valence electrons. The predicted octanol–water partition coefficient (Wildman–Crippen LogP) is 1.94. The Morgan fingerprint density at radius 2 is 2.11 bits per heavy atom. The van der Waals surface area contributed by atoms with Gasteiger partial charge in [-0.2, -0.15) is 0 Å². The van der Waals surface area contributed by atoms with Crippen LogP contribution >= 0.6 is 0 Å². The van der Waals surface area contributed by atoms with Gasteiger partial charge in [0.2, 0.25) is 0 Å². The van der Waals surface area contributed by atoms with Crippen LogP contribution in [0, 0.1) is 10.1 Å². The lowest BCUT2D eigenvalue weighted by atomic mass is 10.1. The molecule has 0 aliphatic carbocycles. The van der Waals surface area contributed by atoms with E-state index in [1.165, 1.54) is 6.07 Å². The molecule has 0 saturated carbocycles. The van der Waals surface area contributed by atoms with Crippen LogP contribution in [0.4, 0.5) is 11.4 Å². The minimum Gasteiger partial charge on any atom is -0.366 e. The first-order chi connectivity index (χ1) is 9.13. The van der Waals surface area contributed by atoms with E-state index in [-0.39, 0.29) is 11.6 Å². The second-order valence-electron chi connectivity index (χ2n) is 4.51. The van der Waals surface area contributed by atoms with E-state index in [9.17, 15) is 14.9 Å². The minimum atomic E-state index is -0.420. The van der Waals surface area contributed by atoms with Crippen molar-refractivity contribution in [3.05, 3.63) is 33.9 Å². The molecule has 1 aromatic rings. The van der Waals surface area contributed by atoms with Crippen molar-refractivity contribution in [1.82, 2.24) is 5.32 Å². The third-order valence-corrected chi connectivity index (χ3v) is 3.22. The van der Waals surface area contributed by atoms with Crippen molar-refractivity contribution in [3.63, 3.8) is 0 Å². The summed E-state index contributed by atoms with van der Waals surface area (Å²) in [5.41, 5.74) is 0.942. The Labute approximate surface area is 111 Å². The number of nitrogens with zero attached hydrogens (tertiary/aromatic N) is 2. The van der Waals surface area contributed by atoms with E-state index in [0.717, 1.165) is 25.9 Å². The first-order valence-corrected chi connectivity index (χ1v) is 6.45. The van der Waals surface area contributed by atoms with Crippen molar-refractivity contribution < 1.29 is 9.72 Å². The monoisotopic (exact) mass is 263 g/mol. The van der Waals surface area contributed by atoms with E-state index in [0.29, 0.717) is 17.8 Å². The zero-order chi connectivity index (χ0) is 13.8. The lowest BCUT2D eigenvalue weighted by molar-refractivity contribution is -0.384. The maximum atomic E-state index is 11.7. The SMILES string of the molecule is CCNC(=O)c1ccc(N2CCCC2)c([N+](=O)[O-])c1. The third kappa shape index (κ3) is 2.83. The van der Waals surface area contributed by atoms with Crippen LogP contribution in [0.15, 0.2) is 18.2 Å². The molecule has 0 atom stereocenters. The van der Waals surface area contributed by atoms with Crippen molar-refractivity contribution in [2.75, 3.05) is 24.5 Å². The molecule has 1 aromatic carbocycles. The lowest BCUT2D eigenvalue weighted by Gasteiger charge is -2.17. The number of hydrogen-bond acceptors (Lipinski definition) is 4. The van der Waals surface area contributed by atoms with Gasteiger partial charge in [-0.25, -0.2) is 0 Å². The highest BCUT2D eigenvalue weighted by atomic mass is 16.6. The molecule has 0 unspecified atom stereocenters. The van der Waals surface area contributed by atoms with Crippen molar-refractivity contribution in [2.24, 2.45) is 0 Å². The topological polar surface area (TPSA) is 75.5 Å². The molecule has 0 spiro atoms. The molecule has 1 aliphatic rings. The van der Waals surface area contributed by atoms with Crippen LogP contribution in [0.1, 0.15) is 30.1 Å². The molecular weight excluding hydrogens is 246 g/mol. The number of nitro benzene ring substituents is 1. The average molecular weight is 263 g/mol. The standard InChI is InChI=1S/C13H17N3O3/c1-2-14-13(17)10-5-6-11(12(9-10)16(18)19)15-7-3-4-8-15/h5-6,9H,2-4,7-8H2,1H3,(H,14,17). The van der Waals surface area contributed by atoms with E-state index in [2.05, 4.69) is 5.32 Å². The van der Waals surface area contributed by atoms with E-state index in [1.807, 2.05) is 11.8 Å². The Kier molecular flexibility index (Phi) is 3.99. The molecule has 0 bridgehead atoms. The van der Waals surface area contributed by atoms with Gasteiger partial charge in [0.1, 0.15) is 5.69 Å². The summed E-state index contributed by atoms with van der Waals surface area (Å²) in [4.78, 5) is 24.4. The summed E-state index contributed by atoms with van der Waals surface area (Å²) in [5.74, 6) is -0.279. The molecule has 1 fully saturated rings. The van der Waals surface area contributed by atoms with E-state index in [4.69, 9.17) is 0 Å². The molecule has 1 heterocycles. The summed E-state index contributed by atoms with van der Waals surface area (Å²) in [6.07, 6.45) is 2.10. The van der Waals surface area contributed by atoms with Gasteiger partial charge in [-0.05, 0) is 31.9 Å². The number of carbonyl (C=O) groups is 1. The lowest BCUT2D eigenvalue weighted by Crippen LogP contribution is -2.23. The van der Waals surface area contributed by atoms with Crippen LogP contribution in [0.2, 0.25) is 0 Å². The van der Waals surface area contributed by atoms with Crippen LogP contribution in [-0.4, -0.2) is 30.5 Å². The molecular formula is C13H17N3O3. The van der Waals surface area contributed by atoms with Crippen molar-refractivity contribution in [1.29, 1.82) is 0 Å². The molecule has 0 aromatic heterocycles. The fraction of sp³-hybridized carbons (Fsp3) is 0.462. The number of nitro groups is 1. The molecule has 1 aliphatic heterocycles. The number of rotatable bonds is 4. The van der Waals surface area contributed by atoms with Crippen molar-refractivity contribution in [2.45, 2.75) is 19.8 Å². The zero-order valence-corrected chi connectivity index (χ0v) is 10.9. The maximum Gasteiger partial charge on any atom is 0.293 e. The van der Waals surface area contributed by atoms with Gasteiger partial charge in [-0.1, -0.05) is 0 Å². The average Bonchev–Trinajstić information content (AvgIpc) is 2.92. The Morgan fingerprint density at radius 1 is 1.42 bits per heavy atom.